The lowest BCUT2D eigenvalue weighted by atomic mass is 9.97. The summed E-state index contributed by atoms with van der Waals surface area (Å²) in [6.45, 7) is 1.57. The van der Waals surface area contributed by atoms with Crippen molar-refractivity contribution < 1.29 is 14.3 Å². The molecular formula is C20H24N2O3. The molecule has 1 aliphatic heterocycles. The summed E-state index contributed by atoms with van der Waals surface area (Å²) in [4.78, 5) is 28.0. The van der Waals surface area contributed by atoms with Crippen molar-refractivity contribution in [3.63, 3.8) is 0 Å². The first-order chi connectivity index (χ1) is 12.1. The number of amides is 1. The standard InChI is InChI=1S/C20H24N2O3/c1-21(18-8-7-15-5-3-4-6-17(15)13-18)14-19(23)22-11-9-16(10-12-22)20(24)25-2/h3-8,13,16H,9-12,14H2,1-2H3. The fourth-order valence-electron chi connectivity index (χ4n) is 3.34. The number of benzene rings is 2. The molecule has 5 nitrogen and oxygen atoms in total. The minimum Gasteiger partial charge on any atom is -0.469 e. The topological polar surface area (TPSA) is 49.9 Å². The van der Waals surface area contributed by atoms with E-state index in [1.165, 1.54) is 12.5 Å². The number of rotatable bonds is 4. The lowest BCUT2D eigenvalue weighted by Gasteiger charge is -2.32. The van der Waals surface area contributed by atoms with Gasteiger partial charge in [-0.2, -0.15) is 0 Å². The first-order valence-corrected chi connectivity index (χ1v) is 8.64. The van der Waals surface area contributed by atoms with Gasteiger partial charge < -0.3 is 14.5 Å². The molecule has 2 aromatic carbocycles. The van der Waals surface area contributed by atoms with E-state index in [0.29, 0.717) is 32.5 Å². The number of methoxy groups -OCH3 is 1. The monoisotopic (exact) mass is 340 g/mol. The van der Waals surface area contributed by atoms with Crippen LogP contribution >= 0.6 is 0 Å². The molecule has 0 N–H and O–H groups in total. The summed E-state index contributed by atoms with van der Waals surface area (Å²) in [7, 11) is 3.35. The molecule has 25 heavy (non-hydrogen) atoms. The molecule has 0 aromatic heterocycles. The predicted octanol–water partition coefficient (Wildman–Crippen LogP) is 2.69. The van der Waals surface area contributed by atoms with Crippen LogP contribution in [-0.4, -0.2) is 50.6 Å². The highest BCUT2D eigenvalue weighted by Gasteiger charge is 2.28. The second kappa shape index (κ2) is 7.55. The average molecular weight is 340 g/mol. The van der Waals surface area contributed by atoms with E-state index in [2.05, 4.69) is 24.3 Å². The van der Waals surface area contributed by atoms with Gasteiger partial charge in [0.25, 0.3) is 0 Å². The number of nitrogens with zero attached hydrogens (tertiary/aromatic N) is 2. The van der Waals surface area contributed by atoms with Crippen molar-refractivity contribution in [2.75, 3.05) is 38.7 Å². The number of esters is 1. The van der Waals surface area contributed by atoms with Crippen molar-refractivity contribution in [3.05, 3.63) is 42.5 Å². The lowest BCUT2D eigenvalue weighted by molar-refractivity contribution is -0.148. The van der Waals surface area contributed by atoms with Crippen molar-refractivity contribution in [2.24, 2.45) is 5.92 Å². The number of piperidine rings is 1. The first-order valence-electron chi connectivity index (χ1n) is 8.64. The maximum Gasteiger partial charge on any atom is 0.308 e. The Morgan fingerprint density at radius 3 is 2.48 bits per heavy atom. The summed E-state index contributed by atoms with van der Waals surface area (Å²) in [5, 5.41) is 2.36. The Kier molecular flexibility index (Phi) is 5.22. The predicted molar refractivity (Wildman–Crippen MR) is 98.5 cm³/mol. The molecule has 3 rings (SSSR count). The summed E-state index contributed by atoms with van der Waals surface area (Å²) in [6.07, 6.45) is 1.36. The molecule has 0 saturated carbocycles. The van der Waals surface area contributed by atoms with Gasteiger partial charge in [0.1, 0.15) is 0 Å². The second-order valence-electron chi connectivity index (χ2n) is 6.57. The first kappa shape index (κ1) is 17.3. The maximum atomic E-state index is 12.6. The largest absolute Gasteiger partial charge is 0.469 e. The Labute approximate surface area is 148 Å². The molecule has 0 radical (unpaired) electrons. The molecule has 0 unspecified atom stereocenters. The molecule has 1 heterocycles. The fourth-order valence-corrected chi connectivity index (χ4v) is 3.34. The van der Waals surface area contributed by atoms with Crippen LogP contribution in [0, 0.1) is 5.92 Å². The number of fused-ring (bicyclic) bond motifs is 1. The van der Waals surface area contributed by atoms with Crippen molar-refractivity contribution in [2.45, 2.75) is 12.8 Å². The van der Waals surface area contributed by atoms with Gasteiger partial charge in [0.05, 0.1) is 19.6 Å². The molecular weight excluding hydrogens is 316 g/mol. The van der Waals surface area contributed by atoms with E-state index in [1.54, 1.807) is 0 Å². The molecule has 0 aliphatic carbocycles. The van der Waals surface area contributed by atoms with Crippen LogP contribution in [0.3, 0.4) is 0 Å². The van der Waals surface area contributed by atoms with Gasteiger partial charge >= 0.3 is 5.97 Å². The van der Waals surface area contributed by atoms with Gasteiger partial charge in [-0.05, 0) is 35.7 Å². The SMILES string of the molecule is COC(=O)C1CCN(C(=O)CN(C)c2ccc3ccccc3c2)CC1. The van der Waals surface area contributed by atoms with Crippen LogP contribution in [0.25, 0.3) is 10.8 Å². The minimum atomic E-state index is -0.166. The van der Waals surface area contributed by atoms with E-state index in [4.69, 9.17) is 4.74 Å². The van der Waals surface area contributed by atoms with Gasteiger partial charge in [-0.1, -0.05) is 30.3 Å². The number of hydrogen-bond acceptors (Lipinski definition) is 4. The molecule has 1 amide bonds. The van der Waals surface area contributed by atoms with E-state index in [1.807, 2.05) is 35.0 Å². The van der Waals surface area contributed by atoms with Gasteiger partial charge in [-0.15, -0.1) is 0 Å². The summed E-state index contributed by atoms with van der Waals surface area (Å²) < 4.78 is 4.79. The number of anilines is 1. The molecule has 1 aliphatic rings. The molecule has 132 valence electrons. The summed E-state index contributed by atoms with van der Waals surface area (Å²) in [5.74, 6) is -0.147. The van der Waals surface area contributed by atoms with Gasteiger partial charge in [0.2, 0.25) is 5.91 Å². The minimum absolute atomic E-state index is 0.0766. The fraction of sp³-hybridized carbons (Fsp3) is 0.400. The molecule has 2 aromatic rings. The zero-order valence-corrected chi connectivity index (χ0v) is 14.8. The average Bonchev–Trinajstić information content (AvgIpc) is 2.67. The number of carbonyl (C=O) groups excluding carboxylic acids is 2. The smallest absolute Gasteiger partial charge is 0.308 e. The molecule has 0 atom stereocenters. The van der Waals surface area contributed by atoms with Gasteiger partial charge in [0, 0.05) is 25.8 Å². The number of carbonyl (C=O) groups is 2. The molecule has 1 saturated heterocycles. The normalized spacial score (nSPS) is 15.2. The Morgan fingerprint density at radius 2 is 1.80 bits per heavy atom. The number of ether oxygens (including phenoxy) is 1. The quantitative estimate of drug-likeness (QED) is 0.803. The second-order valence-corrected chi connectivity index (χ2v) is 6.57. The van der Waals surface area contributed by atoms with E-state index in [0.717, 1.165) is 11.1 Å². The van der Waals surface area contributed by atoms with Crippen molar-refractivity contribution in [3.8, 4) is 0 Å². The summed E-state index contributed by atoms with van der Waals surface area (Å²) >= 11 is 0. The highest BCUT2D eigenvalue weighted by atomic mass is 16.5. The third-order valence-electron chi connectivity index (χ3n) is 4.93. The third kappa shape index (κ3) is 3.92. The highest BCUT2D eigenvalue weighted by molar-refractivity contribution is 5.87. The molecule has 0 bridgehead atoms. The maximum absolute atomic E-state index is 12.6. The number of likely N-dealkylation sites (N-methyl/N-ethyl adjacent to an activating group) is 1. The van der Waals surface area contributed by atoms with Gasteiger partial charge in [-0.3, -0.25) is 9.59 Å². The van der Waals surface area contributed by atoms with Crippen molar-refractivity contribution in [1.82, 2.24) is 4.90 Å². The van der Waals surface area contributed by atoms with E-state index in [9.17, 15) is 9.59 Å². The molecule has 0 spiro atoms. The Morgan fingerprint density at radius 1 is 1.12 bits per heavy atom. The van der Waals surface area contributed by atoms with Gasteiger partial charge in [-0.25, -0.2) is 0 Å². The molecule has 5 heteroatoms. The van der Waals surface area contributed by atoms with Crippen LogP contribution in [0.2, 0.25) is 0 Å². The third-order valence-corrected chi connectivity index (χ3v) is 4.93. The highest BCUT2D eigenvalue weighted by Crippen LogP contribution is 2.22. The Hall–Kier alpha value is -2.56. The van der Waals surface area contributed by atoms with E-state index in [-0.39, 0.29) is 17.8 Å². The number of hydrogen-bond donors (Lipinski definition) is 0. The van der Waals surface area contributed by atoms with Crippen LogP contribution in [0.5, 0.6) is 0 Å². The zero-order chi connectivity index (χ0) is 17.8. The van der Waals surface area contributed by atoms with Crippen LogP contribution in [0.4, 0.5) is 5.69 Å². The number of likely N-dealkylation sites (tertiary alicyclic amines) is 1. The van der Waals surface area contributed by atoms with E-state index < -0.39 is 0 Å². The zero-order valence-electron chi connectivity index (χ0n) is 14.8. The molecule has 1 fully saturated rings. The lowest BCUT2D eigenvalue weighted by Crippen LogP contribution is -2.44. The van der Waals surface area contributed by atoms with Crippen LogP contribution < -0.4 is 4.90 Å². The Bertz CT molecular complexity index is 766. The summed E-state index contributed by atoms with van der Waals surface area (Å²) in [6, 6.07) is 14.4. The summed E-state index contributed by atoms with van der Waals surface area (Å²) in [5.41, 5.74) is 1.02. The van der Waals surface area contributed by atoms with Crippen molar-refractivity contribution in [1.29, 1.82) is 0 Å². The van der Waals surface area contributed by atoms with Gasteiger partial charge in [0.15, 0.2) is 0 Å². The van der Waals surface area contributed by atoms with Crippen LogP contribution in [-0.2, 0) is 14.3 Å². The Balaban J connectivity index is 1.59. The van der Waals surface area contributed by atoms with Crippen LogP contribution in [0.1, 0.15) is 12.8 Å². The van der Waals surface area contributed by atoms with Crippen LogP contribution in [0.15, 0.2) is 42.5 Å². The van der Waals surface area contributed by atoms with Crippen molar-refractivity contribution >= 4 is 28.3 Å². The van der Waals surface area contributed by atoms with E-state index >= 15 is 0 Å².